The summed E-state index contributed by atoms with van der Waals surface area (Å²) in [6, 6.07) is 14.3. The van der Waals surface area contributed by atoms with Crippen LogP contribution in [-0.2, 0) is 0 Å². The molecule has 0 spiro atoms. The Kier molecular flexibility index (Phi) is 4.19. The third kappa shape index (κ3) is 3.12. The van der Waals surface area contributed by atoms with Gasteiger partial charge < -0.3 is 5.11 Å². The zero-order valence-corrected chi connectivity index (χ0v) is 15.6. The van der Waals surface area contributed by atoms with Gasteiger partial charge in [-0.1, -0.05) is 39.8 Å². The molecule has 0 saturated carbocycles. The molecule has 0 aliphatic rings. The number of aryl methyl sites for hydroxylation is 1. The lowest BCUT2D eigenvalue weighted by Crippen LogP contribution is -1.93. The van der Waals surface area contributed by atoms with E-state index >= 15 is 0 Å². The van der Waals surface area contributed by atoms with Gasteiger partial charge in [0.25, 0.3) is 0 Å². The van der Waals surface area contributed by atoms with E-state index in [-0.39, 0.29) is 6.01 Å². The number of benzene rings is 2. The lowest BCUT2D eigenvalue weighted by atomic mass is 10.1. The van der Waals surface area contributed by atoms with Gasteiger partial charge in [0.05, 0.1) is 6.20 Å². The average molecular weight is 413 g/mol. The van der Waals surface area contributed by atoms with E-state index in [1.807, 2.05) is 18.2 Å². The summed E-state index contributed by atoms with van der Waals surface area (Å²) < 4.78 is 2.40. The molecule has 4 aromatic rings. The van der Waals surface area contributed by atoms with E-state index in [1.54, 1.807) is 18.0 Å². The second-order valence-corrected chi connectivity index (χ2v) is 7.53. The summed E-state index contributed by atoms with van der Waals surface area (Å²) in [6.45, 7) is 2.09. The zero-order chi connectivity index (χ0) is 17.4. The third-order valence-electron chi connectivity index (χ3n) is 3.81. The number of halogens is 1. The van der Waals surface area contributed by atoms with Gasteiger partial charge in [-0.2, -0.15) is 14.6 Å². The fraction of sp³-hybridized carbons (Fsp3) is 0.0556. The predicted octanol–water partition coefficient (Wildman–Crippen LogP) is 4.72. The molecule has 0 bridgehead atoms. The first-order valence-electron chi connectivity index (χ1n) is 7.54. The van der Waals surface area contributed by atoms with Crippen LogP contribution < -0.4 is 0 Å². The summed E-state index contributed by atoms with van der Waals surface area (Å²) in [5, 5.41) is 13.9. The molecule has 0 atom stereocenters. The van der Waals surface area contributed by atoms with E-state index in [2.05, 4.69) is 62.2 Å². The quantitative estimate of drug-likeness (QED) is 0.527. The highest BCUT2D eigenvalue weighted by atomic mass is 79.9. The summed E-state index contributed by atoms with van der Waals surface area (Å²) in [4.78, 5) is 10.3. The molecule has 124 valence electrons. The maximum Gasteiger partial charge on any atom is 0.318 e. The van der Waals surface area contributed by atoms with Crippen molar-refractivity contribution in [3.05, 3.63) is 65.0 Å². The summed E-state index contributed by atoms with van der Waals surface area (Å²) in [5.41, 5.74) is 3.62. The van der Waals surface area contributed by atoms with Gasteiger partial charge in [-0.25, -0.2) is 4.98 Å². The van der Waals surface area contributed by atoms with Crippen LogP contribution in [0.25, 0.3) is 16.8 Å². The number of aromatic nitrogens is 4. The Morgan fingerprint density at radius 3 is 2.64 bits per heavy atom. The summed E-state index contributed by atoms with van der Waals surface area (Å²) >= 11 is 5.18. The smallest absolute Gasteiger partial charge is 0.318 e. The second kappa shape index (κ2) is 6.50. The highest BCUT2D eigenvalue weighted by Gasteiger charge is 2.12. The van der Waals surface area contributed by atoms with Crippen molar-refractivity contribution in [1.29, 1.82) is 0 Å². The van der Waals surface area contributed by atoms with Crippen molar-refractivity contribution in [2.24, 2.45) is 0 Å². The van der Waals surface area contributed by atoms with E-state index in [0.29, 0.717) is 5.65 Å². The van der Waals surface area contributed by atoms with Crippen LogP contribution in [0, 0.1) is 6.92 Å². The second-order valence-electron chi connectivity index (χ2n) is 5.50. The Balaban J connectivity index is 1.69. The SMILES string of the molecule is Cc1cc(-c2cnn3c(O)ncnc23)ccc1Sc1ccc(Br)cc1. The molecular formula is C18H13BrN4OS. The van der Waals surface area contributed by atoms with E-state index < -0.39 is 0 Å². The minimum absolute atomic E-state index is 0.171. The molecule has 0 saturated heterocycles. The Bertz CT molecular complexity index is 1060. The molecule has 0 fully saturated rings. The van der Waals surface area contributed by atoms with Crippen LogP contribution in [0.3, 0.4) is 0 Å². The number of hydrogen-bond donors (Lipinski definition) is 1. The normalized spacial score (nSPS) is 11.1. The molecule has 1 N–H and O–H groups in total. The molecule has 4 rings (SSSR count). The maximum absolute atomic E-state index is 9.76. The van der Waals surface area contributed by atoms with Gasteiger partial charge in [0.1, 0.15) is 6.33 Å². The zero-order valence-electron chi connectivity index (χ0n) is 13.2. The molecular weight excluding hydrogens is 400 g/mol. The molecule has 0 aliphatic heterocycles. The van der Waals surface area contributed by atoms with Crippen LogP contribution in [0.4, 0.5) is 0 Å². The minimum Gasteiger partial charge on any atom is -0.479 e. The van der Waals surface area contributed by atoms with Crippen LogP contribution in [0.1, 0.15) is 5.56 Å². The molecule has 0 unspecified atom stereocenters. The van der Waals surface area contributed by atoms with Crippen molar-refractivity contribution in [2.45, 2.75) is 16.7 Å². The van der Waals surface area contributed by atoms with Gasteiger partial charge in [0.2, 0.25) is 0 Å². The third-order valence-corrected chi connectivity index (χ3v) is 5.53. The van der Waals surface area contributed by atoms with Gasteiger partial charge in [0, 0.05) is 19.8 Å². The number of hydrogen-bond acceptors (Lipinski definition) is 5. The number of fused-ring (bicyclic) bond motifs is 1. The summed E-state index contributed by atoms with van der Waals surface area (Å²) in [5.74, 6) is 0. The summed E-state index contributed by atoms with van der Waals surface area (Å²) in [6.07, 6.45) is 3.03. The molecule has 0 radical (unpaired) electrons. The number of nitrogens with zero attached hydrogens (tertiary/aromatic N) is 4. The Morgan fingerprint density at radius 2 is 1.88 bits per heavy atom. The number of rotatable bonds is 3. The molecule has 7 heteroatoms. The van der Waals surface area contributed by atoms with E-state index in [9.17, 15) is 5.11 Å². The Labute approximate surface area is 156 Å². The first-order chi connectivity index (χ1) is 12.1. The van der Waals surface area contributed by atoms with Gasteiger partial charge in [0.15, 0.2) is 5.65 Å². The minimum atomic E-state index is -0.171. The van der Waals surface area contributed by atoms with E-state index in [1.165, 1.54) is 26.2 Å². The van der Waals surface area contributed by atoms with Crippen molar-refractivity contribution < 1.29 is 5.11 Å². The maximum atomic E-state index is 9.76. The Morgan fingerprint density at radius 1 is 1.08 bits per heavy atom. The molecule has 0 amide bonds. The van der Waals surface area contributed by atoms with Crippen molar-refractivity contribution >= 4 is 33.3 Å². The molecule has 2 aromatic carbocycles. The van der Waals surface area contributed by atoms with Crippen LogP contribution in [0.15, 0.2) is 69.3 Å². The van der Waals surface area contributed by atoms with Crippen molar-refractivity contribution in [2.75, 3.05) is 0 Å². The molecule has 25 heavy (non-hydrogen) atoms. The van der Waals surface area contributed by atoms with E-state index in [4.69, 9.17) is 0 Å². The fourth-order valence-corrected chi connectivity index (χ4v) is 3.71. The van der Waals surface area contributed by atoms with Crippen LogP contribution in [0.2, 0.25) is 0 Å². The first kappa shape index (κ1) is 16.1. The Hall–Kier alpha value is -2.38. The van der Waals surface area contributed by atoms with Crippen LogP contribution in [0.5, 0.6) is 6.01 Å². The molecule has 5 nitrogen and oxygen atoms in total. The molecule has 2 aromatic heterocycles. The van der Waals surface area contributed by atoms with Crippen molar-refractivity contribution in [3.63, 3.8) is 0 Å². The highest BCUT2D eigenvalue weighted by molar-refractivity contribution is 9.10. The lowest BCUT2D eigenvalue weighted by Gasteiger charge is -2.08. The molecule has 0 aliphatic carbocycles. The highest BCUT2D eigenvalue weighted by Crippen LogP contribution is 2.34. The summed E-state index contributed by atoms with van der Waals surface area (Å²) in [7, 11) is 0. The average Bonchev–Trinajstić information content (AvgIpc) is 3.04. The standard InChI is InChI=1S/C18H13BrN4OS/c1-11-8-12(15-9-22-23-17(15)20-10-21-18(23)24)2-7-16(11)25-14-5-3-13(19)4-6-14/h2-10H,1H3,(H,20,21,24). The van der Waals surface area contributed by atoms with E-state index in [0.717, 1.165) is 15.6 Å². The van der Waals surface area contributed by atoms with Gasteiger partial charge in [-0.05, 0) is 48.4 Å². The van der Waals surface area contributed by atoms with Crippen LogP contribution in [-0.4, -0.2) is 24.7 Å². The topological polar surface area (TPSA) is 63.3 Å². The predicted molar refractivity (Wildman–Crippen MR) is 101 cm³/mol. The first-order valence-corrected chi connectivity index (χ1v) is 9.15. The van der Waals surface area contributed by atoms with Crippen molar-refractivity contribution in [1.82, 2.24) is 19.6 Å². The lowest BCUT2D eigenvalue weighted by molar-refractivity contribution is 0.411. The fourth-order valence-electron chi connectivity index (χ4n) is 2.57. The van der Waals surface area contributed by atoms with Gasteiger partial charge in [-0.15, -0.1) is 0 Å². The number of aromatic hydroxyl groups is 1. The monoisotopic (exact) mass is 412 g/mol. The molecule has 2 heterocycles. The largest absolute Gasteiger partial charge is 0.479 e. The van der Waals surface area contributed by atoms with Crippen LogP contribution >= 0.6 is 27.7 Å². The van der Waals surface area contributed by atoms with Gasteiger partial charge >= 0.3 is 6.01 Å². The van der Waals surface area contributed by atoms with Crippen molar-refractivity contribution in [3.8, 4) is 17.1 Å². The van der Waals surface area contributed by atoms with Gasteiger partial charge in [-0.3, -0.25) is 0 Å².